The number of hydrogen-bond donors (Lipinski definition) is 0. The van der Waals surface area contributed by atoms with E-state index >= 15 is 0 Å². The molecule has 6 nitrogen and oxygen atoms in total. The van der Waals surface area contributed by atoms with Gasteiger partial charge >= 0.3 is 0 Å². The van der Waals surface area contributed by atoms with Gasteiger partial charge in [-0.15, -0.1) is 0 Å². The number of aromatic nitrogens is 1. The molecule has 2 fully saturated rings. The highest BCUT2D eigenvalue weighted by atomic mass is 16.3. The van der Waals surface area contributed by atoms with E-state index in [9.17, 15) is 9.59 Å². The molecule has 2 aromatic carbocycles. The van der Waals surface area contributed by atoms with Crippen LogP contribution in [0.2, 0.25) is 0 Å². The van der Waals surface area contributed by atoms with Crippen LogP contribution in [0, 0.1) is 19.8 Å². The van der Waals surface area contributed by atoms with Crippen LogP contribution in [-0.2, 0) is 9.59 Å². The van der Waals surface area contributed by atoms with E-state index in [1.807, 2.05) is 61.2 Å². The third-order valence-electron chi connectivity index (χ3n) is 6.81. The fourth-order valence-corrected chi connectivity index (χ4v) is 4.80. The lowest BCUT2D eigenvalue weighted by atomic mass is 9.95. The number of aryl methyl sites for hydroxylation is 1. The molecule has 31 heavy (non-hydrogen) atoms. The highest BCUT2D eigenvalue weighted by Gasteiger charge is 2.39. The van der Waals surface area contributed by atoms with Crippen LogP contribution < -0.4 is 4.90 Å². The van der Waals surface area contributed by atoms with Gasteiger partial charge in [0.15, 0.2) is 11.5 Å². The minimum atomic E-state index is -0.270. The Kier molecular flexibility index (Phi) is 5.00. The SMILES string of the molecule is Cc1cccc(N2CC(C(=O)N3CCC(c4nc5ccccc5o4)CC3)CC2=O)c1C. The lowest BCUT2D eigenvalue weighted by Gasteiger charge is -2.32. The highest BCUT2D eigenvalue weighted by Crippen LogP contribution is 2.33. The number of nitrogens with zero attached hydrogens (tertiary/aromatic N) is 3. The Morgan fingerprint density at radius 3 is 2.61 bits per heavy atom. The van der Waals surface area contributed by atoms with Gasteiger partial charge in [-0.1, -0.05) is 24.3 Å². The summed E-state index contributed by atoms with van der Waals surface area (Å²) in [6.45, 7) is 5.90. The summed E-state index contributed by atoms with van der Waals surface area (Å²) >= 11 is 0. The van der Waals surface area contributed by atoms with Gasteiger partial charge in [0.05, 0.1) is 5.92 Å². The maximum atomic E-state index is 13.2. The lowest BCUT2D eigenvalue weighted by molar-refractivity contribution is -0.136. The Morgan fingerprint density at radius 1 is 1.06 bits per heavy atom. The average molecular weight is 418 g/mol. The summed E-state index contributed by atoms with van der Waals surface area (Å²) < 4.78 is 5.94. The van der Waals surface area contributed by atoms with E-state index in [1.54, 1.807) is 4.90 Å². The molecule has 0 saturated carbocycles. The van der Waals surface area contributed by atoms with Crippen LogP contribution in [0.15, 0.2) is 46.9 Å². The van der Waals surface area contributed by atoms with Crippen LogP contribution in [0.1, 0.15) is 42.2 Å². The van der Waals surface area contributed by atoms with Crippen LogP contribution >= 0.6 is 0 Å². The second-order valence-electron chi connectivity index (χ2n) is 8.74. The number of fused-ring (bicyclic) bond motifs is 1. The molecule has 0 bridgehead atoms. The second-order valence-corrected chi connectivity index (χ2v) is 8.74. The number of carbonyl (C=O) groups is 2. The van der Waals surface area contributed by atoms with Gasteiger partial charge in [-0.05, 0) is 56.0 Å². The number of piperidine rings is 1. The van der Waals surface area contributed by atoms with E-state index in [-0.39, 0.29) is 30.1 Å². The molecule has 0 spiro atoms. The van der Waals surface area contributed by atoms with Gasteiger partial charge in [0, 0.05) is 37.7 Å². The molecule has 0 aliphatic carbocycles. The van der Waals surface area contributed by atoms with E-state index in [1.165, 1.54) is 0 Å². The van der Waals surface area contributed by atoms with E-state index in [4.69, 9.17) is 4.42 Å². The standard InChI is InChI=1S/C25H27N3O3/c1-16-6-5-8-21(17(16)2)28-15-19(14-23(28)29)25(30)27-12-10-18(11-13-27)24-26-20-7-3-4-9-22(20)31-24/h3-9,18-19H,10-15H2,1-2H3. The van der Waals surface area contributed by atoms with Gasteiger partial charge in [0.2, 0.25) is 11.8 Å². The number of para-hydroxylation sites is 2. The molecular weight excluding hydrogens is 390 g/mol. The fourth-order valence-electron chi connectivity index (χ4n) is 4.80. The predicted molar refractivity (Wildman–Crippen MR) is 119 cm³/mol. The molecule has 3 heterocycles. The van der Waals surface area contributed by atoms with E-state index in [0.717, 1.165) is 46.6 Å². The Bertz CT molecular complexity index is 1110. The third kappa shape index (κ3) is 3.60. The van der Waals surface area contributed by atoms with Crippen molar-refractivity contribution in [3.05, 3.63) is 59.5 Å². The third-order valence-corrected chi connectivity index (χ3v) is 6.81. The Balaban J connectivity index is 1.23. The minimum Gasteiger partial charge on any atom is -0.440 e. The molecular formula is C25H27N3O3. The smallest absolute Gasteiger partial charge is 0.228 e. The van der Waals surface area contributed by atoms with Crippen molar-refractivity contribution >= 4 is 28.6 Å². The van der Waals surface area contributed by atoms with E-state index in [2.05, 4.69) is 4.98 Å². The number of anilines is 1. The van der Waals surface area contributed by atoms with Crippen LogP contribution in [0.5, 0.6) is 0 Å². The molecule has 2 amide bonds. The summed E-state index contributed by atoms with van der Waals surface area (Å²) in [7, 11) is 0. The number of benzene rings is 2. The monoisotopic (exact) mass is 417 g/mol. The largest absolute Gasteiger partial charge is 0.440 e. The van der Waals surface area contributed by atoms with Gasteiger partial charge in [-0.25, -0.2) is 4.98 Å². The molecule has 2 aliphatic rings. The normalized spacial score (nSPS) is 20.1. The molecule has 2 aliphatic heterocycles. The lowest BCUT2D eigenvalue weighted by Crippen LogP contribution is -2.42. The maximum Gasteiger partial charge on any atom is 0.228 e. The Labute approximate surface area is 181 Å². The van der Waals surface area contributed by atoms with Crippen LogP contribution in [0.4, 0.5) is 5.69 Å². The summed E-state index contributed by atoms with van der Waals surface area (Å²) in [4.78, 5) is 34.2. The Morgan fingerprint density at radius 2 is 1.84 bits per heavy atom. The van der Waals surface area contributed by atoms with Crippen molar-refractivity contribution in [1.82, 2.24) is 9.88 Å². The van der Waals surface area contributed by atoms with Gasteiger partial charge in [-0.3, -0.25) is 9.59 Å². The molecule has 0 radical (unpaired) electrons. The van der Waals surface area contributed by atoms with Crippen molar-refractivity contribution in [2.24, 2.45) is 5.92 Å². The zero-order valence-corrected chi connectivity index (χ0v) is 18.0. The topological polar surface area (TPSA) is 66.7 Å². The van der Waals surface area contributed by atoms with Crippen LogP contribution in [0.3, 0.4) is 0 Å². The first-order chi connectivity index (χ1) is 15.0. The molecule has 2 saturated heterocycles. The summed E-state index contributed by atoms with van der Waals surface area (Å²) in [6, 6.07) is 13.8. The second kappa shape index (κ2) is 7.84. The number of oxazole rings is 1. The van der Waals surface area contributed by atoms with Crippen LogP contribution in [-0.4, -0.2) is 41.3 Å². The average Bonchev–Trinajstić information content (AvgIpc) is 3.39. The van der Waals surface area contributed by atoms with Gasteiger partial charge < -0.3 is 14.2 Å². The number of carbonyl (C=O) groups excluding carboxylic acids is 2. The molecule has 160 valence electrons. The van der Waals surface area contributed by atoms with Crippen molar-refractivity contribution in [2.75, 3.05) is 24.5 Å². The molecule has 1 unspecified atom stereocenters. The zero-order valence-electron chi connectivity index (χ0n) is 18.0. The van der Waals surface area contributed by atoms with E-state index in [0.29, 0.717) is 19.6 Å². The molecule has 5 rings (SSSR count). The van der Waals surface area contributed by atoms with Crippen molar-refractivity contribution in [2.45, 2.75) is 39.0 Å². The molecule has 3 aromatic rings. The highest BCUT2D eigenvalue weighted by molar-refractivity contribution is 6.01. The predicted octanol–water partition coefficient (Wildman–Crippen LogP) is 4.20. The van der Waals surface area contributed by atoms with Crippen molar-refractivity contribution < 1.29 is 14.0 Å². The summed E-state index contributed by atoms with van der Waals surface area (Å²) in [5.41, 5.74) is 4.87. The van der Waals surface area contributed by atoms with Crippen molar-refractivity contribution in [3.8, 4) is 0 Å². The first-order valence-corrected chi connectivity index (χ1v) is 11.0. The zero-order chi connectivity index (χ0) is 21.5. The fraction of sp³-hybridized carbons (Fsp3) is 0.400. The number of likely N-dealkylation sites (tertiary alicyclic amines) is 1. The number of rotatable bonds is 3. The summed E-state index contributed by atoms with van der Waals surface area (Å²) in [5, 5.41) is 0. The first kappa shape index (κ1) is 19.8. The first-order valence-electron chi connectivity index (χ1n) is 11.0. The molecule has 0 N–H and O–H groups in total. The summed E-state index contributed by atoms with van der Waals surface area (Å²) in [5.74, 6) is 0.859. The van der Waals surface area contributed by atoms with Gasteiger partial charge in [0.1, 0.15) is 5.52 Å². The number of hydrogen-bond acceptors (Lipinski definition) is 4. The van der Waals surface area contributed by atoms with Gasteiger partial charge in [-0.2, -0.15) is 0 Å². The Hall–Kier alpha value is -3.15. The molecule has 6 heteroatoms. The van der Waals surface area contributed by atoms with Crippen molar-refractivity contribution in [1.29, 1.82) is 0 Å². The quantitative estimate of drug-likeness (QED) is 0.640. The van der Waals surface area contributed by atoms with Crippen molar-refractivity contribution in [3.63, 3.8) is 0 Å². The van der Waals surface area contributed by atoms with Gasteiger partial charge in [0.25, 0.3) is 0 Å². The summed E-state index contributed by atoms with van der Waals surface area (Å²) in [6.07, 6.45) is 1.96. The maximum absolute atomic E-state index is 13.2. The number of amides is 2. The van der Waals surface area contributed by atoms with Crippen LogP contribution in [0.25, 0.3) is 11.1 Å². The molecule has 1 atom stereocenters. The van der Waals surface area contributed by atoms with E-state index < -0.39 is 0 Å². The minimum absolute atomic E-state index is 0.0356. The molecule has 1 aromatic heterocycles.